The number of alkyl halides is 2. The number of rotatable bonds is 8. The van der Waals surface area contributed by atoms with Gasteiger partial charge in [0.1, 0.15) is 11.7 Å². The molecule has 0 spiro atoms. The van der Waals surface area contributed by atoms with Gasteiger partial charge in [0.25, 0.3) is 5.92 Å². The fourth-order valence-corrected chi connectivity index (χ4v) is 11.1. The maximum absolute atomic E-state index is 14.1. The molecule has 0 aromatic rings. The summed E-state index contributed by atoms with van der Waals surface area (Å²) < 4.78 is 44.4. The van der Waals surface area contributed by atoms with Crippen LogP contribution in [-0.4, -0.2) is 65.0 Å². The molecule has 8 atom stereocenters. The second kappa shape index (κ2) is 10.4. The highest BCUT2D eigenvalue weighted by Crippen LogP contribution is 2.62. The highest BCUT2D eigenvalue weighted by molar-refractivity contribution is 5.91. The average molecular weight is 606 g/mol. The molecule has 8 rings (SSSR count). The molecule has 1 aliphatic heterocycles. The van der Waals surface area contributed by atoms with Crippen molar-refractivity contribution in [2.24, 2.45) is 53.3 Å². The van der Waals surface area contributed by atoms with Crippen molar-refractivity contribution in [2.45, 2.75) is 121 Å². The molecule has 238 valence electrons. The highest BCUT2D eigenvalue weighted by Gasteiger charge is 2.72. The van der Waals surface area contributed by atoms with Crippen molar-refractivity contribution in [3.8, 4) is 0 Å². The van der Waals surface area contributed by atoms with E-state index in [2.05, 4.69) is 0 Å². The van der Waals surface area contributed by atoms with Gasteiger partial charge in [0.15, 0.2) is 6.61 Å². The van der Waals surface area contributed by atoms with Gasteiger partial charge in [0, 0.05) is 18.9 Å². The molecule has 8 nitrogen and oxygen atoms in total. The first-order valence-electron chi connectivity index (χ1n) is 16.6. The molecule has 8 fully saturated rings. The number of fused-ring (bicyclic) bond motifs is 1. The summed E-state index contributed by atoms with van der Waals surface area (Å²) in [7, 11) is 0. The van der Waals surface area contributed by atoms with E-state index in [0.717, 1.165) is 19.3 Å². The second-order valence-electron chi connectivity index (χ2n) is 15.5. The Labute approximate surface area is 251 Å². The monoisotopic (exact) mass is 605 g/mol. The number of nitrogens with zero attached hydrogens (tertiary/aromatic N) is 1. The van der Waals surface area contributed by atoms with E-state index in [1.54, 1.807) is 4.90 Å². The quantitative estimate of drug-likeness (QED) is 0.286. The molecule has 1 saturated heterocycles. The van der Waals surface area contributed by atoms with E-state index in [9.17, 15) is 28.0 Å². The molecule has 7 aliphatic carbocycles. The first-order valence-corrected chi connectivity index (χ1v) is 16.6. The van der Waals surface area contributed by atoms with Gasteiger partial charge in [-0.15, -0.1) is 0 Å². The van der Waals surface area contributed by atoms with Crippen LogP contribution < -0.4 is 0 Å². The zero-order valence-electron chi connectivity index (χ0n) is 25.5. The van der Waals surface area contributed by atoms with E-state index in [4.69, 9.17) is 14.2 Å². The summed E-state index contributed by atoms with van der Waals surface area (Å²) >= 11 is 0. The van der Waals surface area contributed by atoms with Crippen LogP contribution in [-0.2, 0) is 33.4 Å². The number of carbonyl (C=O) groups is 4. The summed E-state index contributed by atoms with van der Waals surface area (Å²) in [5, 5.41) is 0. The minimum absolute atomic E-state index is 0.0573. The normalized spacial score (nSPS) is 44.3. The number of esters is 3. The molecule has 10 heteroatoms. The van der Waals surface area contributed by atoms with Crippen molar-refractivity contribution in [1.82, 2.24) is 4.90 Å². The zero-order chi connectivity index (χ0) is 30.4. The van der Waals surface area contributed by atoms with Gasteiger partial charge >= 0.3 is 17.9 Å². The Morgan fingerprint density at radius 2 is 1.49 bits per heavy atom. The summed E-state index contributed by atoms with van der Waals surface area (Å²) in [4.78, 5) is 56.3. The van der Waals surface area contributed by atoms with Crippen LogP contribution in [0.1, 0.15) is 91.4 Å². The van der Waals surface area contributed by atoms with Crippen LogP contribution in [0.25, 0.3) is 0 Å². The Morgan fingerprint density at radius 1 is 0.907 bits per heavy atom. The minimum Gasteiger partial charge on any atom is -0.460 e. The number of hydrogen-bond acceptors (Lipinski definition) is 7. The standard InChI is InChI=1S/C33H45F2NO7/c1-16(2)36-26-22-11-23(27(26)42-30(39)21-7-5-4-6-20(21)29(38)41-15-32(3,34)35)25(24(22)28(36)37)31(40)43-33-12-17-8-18(13-33)10-19(9-17)14-33/h16-27H,4-15H2,1-3H3. The average Bonchev–Trinajstić information content (AvgIpc) is 3.53. The molecular formula is C33H45F2NO7. The molecule has 0 radical (unpaired) electrons. The summed E-state index contributed by atoms with van der Waals surface area (Å²) in [6.45, 7) is 3.53. The SMILES string of the molecule is CC(C)N1C(=O)C2C3CC(C(OC(=O)C4CCCCC4C(=O)OCC(C)(F)F)C31)C2C(=O)OC12CC3CC(CC(C3)C1)C2. The van der Waals surface area contributed by atoms with Crippen LogP contribution in [0.3, 0.4) is 0 Å². The van der Waals surface area contributed by atoms with Crippen LogP contribution in [0.2, 0.25) is 0 Å². The van der Waals surface area contributed by atoms with Gasteiger partial charge in [0.05, 0.1) is 29.7 Å². The van der Waals surface area contributed by atoms with E-state index in [-0.39, 0.29) is 35.8 Å². The van der Waals surface area contributed by atoms with E-state index < -0.39 is 59.8 Å². The lowest BCUT2D eigenvalue weighted by Gasteiger charge is -2.56. The fraction of sp³-hybridized carbons (Fsp3) is 0.879. The lowest BCUT2D eigenvalue weighted by Crippen LogP contribution is -2.54. The Bertz CT molecular complexity index is 1150. The molecule has 1 amide bonds. The van der Waals surface area contributed by atoms with Crippen LogP contribution in [0.15, 0.2) is 0 Å². The molecule has 0 aromatic carbocycles. The Balaban J connectivity index is 1.11. The van der Waals surface area contributed by atoms with E-state index in [1.807, 2.05) is 13.8 Å². The first kappa shape index (κ1) is 29.5. The molecule has 6 bridgehead atoms. The lowest BCUT2D eigenvalue weighted by atomic mass is 9.54. The second-order valence-corrected chi connectivity index (χ2v) is 15.5. The molecule has 1 heterocycles. The lowest BCUT2D eigenvalue weighted by molar-refractivity contribution is -0.197. The van der Waals surface area contributed by atoms with Gasteiger partial charge in [-0.2, -0.15) is 0 Å². The van der Waals surface area contributed by atoms with Gasteiger partial charge in [-0.3, -0.25) is 19.2 Å². The Hall–Kier alpha value is -2.26. The third kappa shape index (κ3) is 4.97. The van der Waals surface area contributed by atoms with Gasteiger partial charge in [-0.05, 0) is 95.3 Å². The predicted molar refractivity (Wildman–Crippen MR) is 148 cm³/mol. The van der Waals surface area contributed by atoms with Crippen LogP contribution in [0.4, 0.5) is 8.78 Å². The van der Waals surface area contributed by atoms with Crippen molar-refractivity contribution in [3.63, 3.8) is 0 Å². The predicted octanol–water partition coefficient (Wildman–Crippen LogP) is 4.92. The number of likely N-dealkylation sites (tertiary alicyclic amines) is 1. The van der Waals surface area contributed by atoms with Crippen LogP contribution in [0.5, 0.6) is 0 Å². The topological polar surface area (TPSA) is 99.2 Å². The molecule has 0 aromatic heterocycles. The van der Waals surface area contributed by atoms with Gasteiger partial charge in [-0.1, -0.05) is 12.8 Å². The highest BCUT2D eigenvalue weighted by atomic mass is 19.3. The minimum atomic E-state index is -3.16. The third-order valence-electron chi connectivity index (χ3n) is 12.1. The smallest absolute Gasteiger partial charge is 0.310 e. The number of carbonyl (C=O) groups excluding carboxylic acids is 4. The van der Waals surface area contributed by atoms with E-state index >= 15 is 0 Å². The Kier molecular flexibility index (Phi) is 7.12. The summed E-state index contributed by atoms with van der Waals surface area (Å²) in [5.41, 5.74) is -0.427. The molecular weight excluding hydrogens is 560 g/mol. The zero-order valence-corrected chi connectivity index (χ0v) is 25.5. The number of hydrogen-bond donors (Lipinski definition) is 0. The third-order valence-corrected chi connectivity index (χ3v) is 12.1. The van der Waals surface area contributed by atoms with Crippen LogP contribution >= 0.6 is 0 Å². The Morgan fingerprint density at radius 3 is 2.05 bits per heavy atom. The van der Waals surface area contributed by atoms with Gasteiger partial charge < -0.3 is 19.1 Å². The first-order chi connectivity index (χ1) is 20.3. The largest absolute Gasteiger partial charge is 0.460 e. The van der Waals surface area contributed by atoms with Crippen molar-refractivity contribution >= 4 is 23.8 Å². The van der Waals surface area contributed by atoms with E-state index in [1.165, 1.54) is 19.3 Å². The fourth-order valence-electron chi connectivity index (χ4n) is 11.1. The number of halogens is 2. The van der Waals surface area contributed by atoms with Crippen molar-refractivity contribution in [3.05, 3.63) is 0 Å². The molecule has 43 heavy (non-hydrogen) atoms. The van der Waals surface area contributed by atoms with Crippen molar-refractivity contribution in [1.29, 1.82) is 0 Å². The number of ether oxygens (including phenoxy) is 3. The summed E-state index contributed by atoms with van der Waals surface area (Å²) in [6.07, 6.45) is 8.53. The molecule has 7 saturated carbocycles. The van der Waals surface area contributed by atoms with Crippen molar-refractivity contribution < 1.29 is 42.2 Å². The summed E-state index contributed by atoms with van der Waals surface area (Å²) in [6, 6.07) is -0.446. The van der Waals surface area contributed by atoms with E-state index in [0.29, 0.717) is 56.8 Å². The van der Waals surface area contributed by atoms with Crippen molar-refractivity contribution in [2.75, 3.05) is 6.61 Å². The molecule has 8 aliphatic rings. The maximum atomic E-state index is 14.1. The number of amides is 1. The molecule has 8 unspecified atom stereocenters. The van der Waals surface area contributed by atoms with Gasteiger partial charge in [-0.25, -0.2) is 8.78 Å². The summed E-state index contributed by atoms with van der Waals surface area (Å²) in [5.74, 6) is -6.22. The maximum Gasteiger partial charge on any atom is 0.310 e. The van der Waals surface area contributed by atoms with Gasteiger partial charge in [0.2, 0.25) is 5.91 Å². The van der Waals surface area contributed by atoms with Crippen LogP contribution in [0, 0.1) is 53.3 Å². The molecule has 0 N–H and O–H groups in total.